The van der Waals surface area contributed by atoms with Crippen LogP contribution in [0.1, 0.15) is 37.6 Å². The van der Waals surface area contributed by atoms with Crippen molar-refractivity contribution in [3.05, 3.63) is 17.7 Å². The Morgan fingerprint density at radius 1 is 1.15 bits per heavy atom. The summed E-state index contributed by atoms with van der Waals surface area (Å²) < 4.78 is 22.1. The summed E-state index contributed by atoms with van der Waals surface area (Å²) in [5.74, 6) is 2.92. The SMILES string of the molecule is COc1cc(OC)c(C2SCCC(=O)N2CCCOC(C)C)c(OC)c1. The molecule has 26 heavy (non-hydrogen) atoms. The fraction of sp³-hybridized carbons (Fsp3) is 0.632. The van der Waals surface area contributed by atoms with E-state index < -0.39 is 0 Å². The summed E-state index contributed by atoms with van der Waals surface area (Å²) in [6, 6.07) is 3.66. The molecule has 7 heteroatoms. The van der Waals surface area contributed by atoms with Gasteiger partial charge in [-0.15, -0.1) is 11.8 Å². The van der Waals surface area contributed by atoms with Gasteiger partial charge >= 0.3 is 0 Å². The number of hydrogen-bond acceptors (Lipinski definition) is 6. The molecule has 1 aromatic rings. The Morgan fingerprint density at radius 2 is 1.81 bits per heavy atom. The molecule has 0 saturated carbocycles. The lowest BCUT2D eigenvalue weighted by molar-refractivity contribution is -0.132. The average Bonchev–Trinajstić information content (AvgIpc) is 2.64. The minimum absolute atomic E-state index is 0.147. The second-order valence-corrected chi connectivity index (χ2v) is 7.47. The van der Waals surface area contributed by atoms with E-state index in [1.807, 2.05) is 30.9 Å². The van der Waals surface area contributed by atoms with Gasteiger partial charge in [0, 0.05) is 37.5 Å². The van der Waals surface area contributed by atoms with Crippen molar-refractivity contribution < 1.29 is 23.7 Å². The first kappa shape index (κ1) is 20.7. The predicted octanol–water partition coefficient (Wildman–Crippen LogP) is 3.49. The number of carbonyl (C=O) groups is 1. The van der Waals surface area contributed by atoms with Crippen molar-refractivity contribution in [2.24, 2.45) is 0 Å². The van der Waals surface area contributed by atoms with Crippen LogP contribution < -0.4 is 14.2 Å². The van der Waals surface area contributed by atoms with Crippen molar-refractivity contribution in [2.45, 2.75) is 38.2 Å². The molecule has 0 radical (unpaired) electrons. The Balaban J connectivity index is 2.29. The summed E-state index contributed by atoms with van der Waals surface area (Å²) in [5.41, 5.74) is 0.874. The third-order valence-electron chi connectivity index (χ3n) is 4.19. The zero-order valence-corrected chi connectivity index (χ0v) is 17.1. The number of benzene rings is 1. The topological polar surface area (TPSA) is 57.2 Å². The first-order valence-electron chi connectivity index (χ1n) is 8.84. The molecule has 0 bridgehead atoms. The highest BCUT2D eigenvalue weighted by Crippen LogP contribution is 2.47. The van der Waals surface area contributed by atoms with Crippen molar-refractivity contribution in [1.82, 2.24) is 4.90 Å². The average molecular weight is 384 g/mol. The molecule has 1 aliphatic heterocycles. The largest absolute Gasteiger partial charge is 0.496 e. The van der Waals surface area contributed by atoms with Crippen molar-refractivity contribution in [3.8, 4) is 17.2 Å². The molecule has 1 atom stereocenters. The number of carbonyl (C=O) groups excluding carboxylic acids is 1. The molecule has 146 valence electrons. The Morgan fingerprint density at radius 3 is 2.35 bits per heavy atom. The van der Waals surface area contributed by atoms with Gasteiger partial charge in [0.05, 0.1) is 33.0 Å². The van der Waals surface area contributed by atoms with E-state index in [1.165, 1.54) is 0 Å². The number of amides is 1. The summed E-state index contributed by atoms with van der Waals surface area (Å²) in [6.07, 6.45) is 1.54. The minimum Gasteiger partial charge on any atom is -0.496 e. The third kappa shape index (κ3) is 4.98. The molecule has 1 aromatic carbocycles. The summed E-state index contributed by atoms with van der Waals surface area (Å²) in [6.45, 7) is 5.30. The quantitative estimate of drug-likeness (QED) is 0.609. The van der Waals surface area contributed by atoms with Crippen LogP contribution in [0.15, 0.2) is 12.1 Å². The molecule has 2 rings (SSSR count). The van der Waals surface area contributed by atoms with Gasteiger partial charge in [-0.3, -0.25) is 4.79 Å². The molecule has 0 N–H and O–H groups in total. The van der Waals surface area contributed by atoms with E-state index in [9.17, 15) is 4.79 Å². The van der Waals surface area contributed by atoms with Gasteiger partial charge in [-0.2, -0.15) is 0 Å². The molecule has 1 aliphatic rings. The zero-order valence-electron chi connectivity index (χ0n) is 16.2. The Hall–Kier alpha value is -1.60. The van der Waals surface area contributed by atoms with Gasteiger partial charge < -0.3 is 23.8 Å². The van der Waals surface area contributed by atoms with Crippen LogP contribution in [-0.4, -0.2) is 57.1 Å². The van der Waals surface area contributed by atoms with Crippen LogP contribution >= 0.6 is 11.8 Å². The van der Waals surface area contributed by atoms with Gasteiger partial charge in [0.2, 0.25) is 5.91 Å². The molecule has 1 heterocycles. The van der Waals surface area contributed by atoms with Crippen molar-refractivity contribution in [1.29, 1.82) is 0 Å². The highest BCUT2D eigenvalue weighted by molar-refractivity contribution is 7.99. The molecular weight excluding hydrogens is 354 g/mol. The predicted molar refractivity (Wildman–Crippen MR) is 103 cm³/mol. The van der Waals surface area contributed by atoms with Gasteiger partial charge in [-0.25, -0.2) is 0 Å². The molecule has 0 spiro atoms. The molecule has 1 unspecified atom stereocenters. The maximum atomic E-state index is 12.6. The molecule has 1 saturated heterocycles. The first-order valence-corrected chi connectivity index (χ1v) is 9.89. The summed E-state index contributed by atoms with van der Waals surface area (Å²) >= 11 is 1.73. The van der Waals surface area contributed by atoms with E-state index in [1.54, 1.807) is 33.1 Å². The van der Waals surface area contributed by atoms with Crippen LogP contribution in [0.3, 0.4) is 0 Å². The Labute approximate surface area is 160 Å². The van der Waals surface area contributed by atoms with Crippen LogP contribution in [0.5, 0.6) is 17.2 Å². The lowest BCUT2D eigenvalue weighted by Crippen LogP contribution is -2.38. The van der Waals surface area contributed by atoms with Crippen LogP contribution in [0.25, 0.3) is 0 Å². The van der Waals surface area contributed by atoms with Crippen LogP contribution in [0.4, 0.5) is 0 Å². The molecular formula is C19H29NO5S. The van der Waals surface area contributed by atoms with E-state index >= 15 is 0 Å². The standard InChI is InChI=1S/C19H29NO5S/c1-13(2)25-9-6-8-20-17(21)7-10-26-19(20)18-15(23-4)11-14(22-3)12-16(18)24-5/h11-13,19H,6-10H2,1-5H3. The van der Waals surface area contributed by atoms with Gasteiger partial charge in [0.25, 0.3) is 0 Å². The second kappa shape index (κ2) is 9.92. The van der Waals surface area contributed by atoms with E-state index in [0.717, 1.165) is 17.7 Å². The van der Waals surface area contributed by atoms with Crippen LogP contribution in [0, 0.1) is 0 Å². The van der Waals surface area contributed by atoms with Crippen molar-refractivity contribution in [2.75, 3.05) is 40.2 Å². The lowest BCUT2D eigenvalue weighted by atomic mass is 10.1. The monoisotopic (exact) mass is 383 g/mol. The van der Waals surface area contributed by atoms with Crippen molar-refractivity contribution in [3.63, 3.8) is 0 Å². The number of thioether (sulfide) groups is 1. The van der Waals surface area contributed by atoms with E-state index in [-0.39, 0.29) is 17.4 Å². The zero-order chi connectivity index (χ0) is 19.1. The fourth-order valence-corrected chi connectivity index (χ4v) is 4.25. The van der Waals surface area contributed by atoms with Gasteiger partial charge in [0.1, 0.15) is 22.6 Å². The number of ether oxygens (including phenoxy) is 4. The minimum atomic E-state index is -0.147. The maximum absolute atomic E-state index is 12.6. The first-order chi connectivity index (χ1) is 12.5. The van der Waals surface area contributed by atoms with Gasteiger partial charge in [-0.05, 0) is 20.3 Å². The Bertz CT molecular complexity index is 583. The lowest BCUT2D eigenvalue weighted by Gasteiger charge is -2.36. The molecule has 0 aliphatic carbocycles. The van der Waals surface area contributed by atoms with Gasteiger partial charge in [-0.1, -0.05) is 0 Å². The van der Waals surface area contributed by atoms with Crippen LogP contribution in [-0.2, 0) is 9.53 Å². The summed E-state index contributed by atoms with van der Waals surface area (Å²) in [7, 11) is 4.84. The Kier molecular flexibility index (Phi) is 7.90. The summed E-state index contributed by atoms with van der Waals surface area (Å²) in [5, 5.41) is -0.147. The molecule has 1 fully saturated rings. The van der Waals surface area contributed by atoms with E-state index in [4.69, 9.17) is 18.9 Å². The smallest absolute Gasteiger partial charge is 0.224 e. The normalized spacial score (nSPS) is 17.5. The maximum Gasteiger partial charge on any atom is 0.224 e. The highest BCUT2D eigenvalue weighted by Gasteiger charge is 2.34. The van der Waals surface area contributed by atoms with Gasteiger partial charge in [0.15, 0.2) is 0 Å². The molecule has 6 nitrogen and oxygen atoms in total. The number of hydrogen-bond donors (Lipinski definition) is 0. The number of methoxy groups -OCH3 is 3. The summed E-state index contributed by atoms with van der Waals surface area (Å²) in [4.78, 5) is 14.5. The fourth-order valence-electron chi connectivity index (χ4n) is 2.93. The third-order valence-corrected chi connectivity index (χ3v) is 5.44. The van der Waals surface area contributed by atoms with E-state index in [0.29, 0.717) is 36.8 Å². The number of rotatable bonds is 9. The van der Waals surface area contributed by atoms with Crippen LogP contribution in [0.2, 0.25) is 0 Å². The van der Waals surface area contributed by atoms with E-state index in [2.05, 4.69) is 0 Å². The molecule has 1 amide bonds. The molecule has 0 aromatic heterocycles. The second-order valence-electron chi connectivity index (χ2n) is 6.28. The number of nitrogens with zero attached hydrogens (tertiary/aromatic N) is 1. The highest BCUT2D eigenvalue weighted by atomic mass is 32.2. The van der Waals surface area contributed by atoms with Crippen molar-refractivity contribution >= 4 is 17.7 Å².